The molecule has 0 saturated carbocycles. The van der Waals surface area contributed by atoms with E-state index in [2.05, 4.69) is 4.98 Å². The van der Waals surface area contributed by atoms with Crippen molar-refractivity contribution in [2.75, 3.05) is 20.1 Å². The number of nitrogens with zero attached hydrogens (tertiary/aromatic N) is 4. The number of carbonyl (C=O) groups is 2. The first-order chi connectivity index (χ1) is 12.9. The number of hydrogen-bond donors (Lipinski definition) is 0. The van der Waals surface area contributed by atoms with Crippen LogP contribution in [0.5, 0.6) is 0 Å². The molecule has 1 aliphatic heterocycles. The van der Waals surface area contributed by atoms with Gasteiger partial charge in [0.15, 0.2) is 0 Å². The van der Waals surface area contributed by atoms with Gasteiger partial charge in [-0.1, -0.05) is 0 Å². The summed E-state index contributed by atoms with van der Waals surface area (Å²) in [4.78, 5) is 32.8. The molecule has 1 unspecified atom stereocenters. The Morgan fingerprint density at radius 2 is 1.85 bits per heavy atom. The van der Waals surface area contributed by atoms with Crippen LogP contribution in [0, 0.1) is 5.82 Å². The zero-order valence-corrected chi connectivity index (χ0v) is 15.1. The third kappa shape index (κ3) is 3.05. The van der Waals surface area contributed by atoms with Crippen molar-refractivity contribution in [1.82, 2.24) is 19.2 Å². The van der Waals surface area contributed by atoms with Gasteiger partial charge in [-0.05, 0) is 43.3 Å². The monoisotopic (exact) mass is 366 g/mol. The number of piperazine rings is 1. The highest BCUT2D eigenvalue weighted by Crippen LogP contribution is 2.21. The lowest BCUT2D eigenvalue weighted by Crippen LogP contribution is -2.56. The number of pyridine rings is 1. The third-order valence-corrected chi connectivity index (χ3v) is 4.98. The molecule has 4 rings (SSSR count). The fourth-order valence-electron chi connectivity index (χ4n) is 3.34. The van der Waals surface area contributed by atoms with Crippen LogP contribution >= 0.6 is 0 Å². The molecule has 27 heavy (non-hydrogen) atoms. The van der Waals surface area contributed by atoms with Gasteiger partial charge >= 0.3 is 0 Å². The first kappa shape index (κ1) is 17.2. The van der Waals surface area contributed by atoms with Gasteiger partial charge in [0.1, 0.15) is 17.5 Å². The smallest absolute Gasteiger partial charge is 0.256 e. The van der Waals surface area contributed by atoms with Crippen LogP contribution in [-0.4, -0.2) is 57.2 Å². The molecule has 3 aromatic rings. The van der Waals surface area contributed by atoms with Gasteiger partial charge in [0.2, 0.25) is 5.91 Å². The summed E-state index contributed by atoms with van der Waals surface area (Å²) in [6, 6.07) is 9.11. The predicted molar refractivity (Wildman–Crippen MR) is 98.7 cm³/mol. The molecule has 0 bridgehead atoms. The molecule has 1 fully saturated rings. The number of carbonyl (C=O) groups excluding carboxylic acids is 2. The van der Waals surface area contributed by atoms with E-state index in [0.717, 1.165) is 5.56 Å². The van der Waals surface area contributed by atoms with E-state index in [1.807, 2.05) is 0 Å². The lowest BCUT2D eigenvalue weighted by atomic mass is 10.1. The van der Waals surface area contributed by atoms with E-state index in [1.54, 1.807) is 64.8 Å². The highest BCUT2D eigenvalue weighted by atomic mass is 19.1. The summed E-state index contributed by atoms with van der Waals surface area (Å²) in [7, 11) is 1.75. The van der Waals surface area contributed by atoms with E-state index in [-0.39, 0.29) is 17.6 Å². The lowest BCUT2D eigenvalue weighted by Gasteiger charge is -2.37. The molecule has 1 aromatic carbocycles. The average Bonchev–Trinajstić information content (AvgIpc) is 3.09. The van der Waals surface area contributed by atoms with Gasteiger partial charge in [-0.2, -0.15) is 0 Å². The Morgan fingerprint density at radius 3 is 2.59 bits per heavy atom. The zero-order chi connectivity index (χ0) is 19.1. The van der Waals surface area contributed by atoms with Crippen LogP contribution in [0.4, 0.5) is 4.39 Å². The fourth-order valence-corrected chi connectivity index (χ4v) is 3.34. The van der Waals surface area contributed by atoms with Crippen LogP contribution in [0.15, 0.2) is 48.8 Å². The average molecular weight is 366 g/mol. The second-order valence-electron chi connectivity index (χ2n) is 6.75. The summed E-state index contributed by atoms with van der Waals surface area (Å²) < 4.78 is 14.9. The molecule has 2 aromatic heterocycles. The second-order valence-corrected chi connectivity index (χ2v) is 6.75. The van der Waals surface area contributed by atoms with E-state index < -0.39 is 6.04 Å². The van der Waals surface area contributed by atoms with Crippen LogP contribution in [0.3, 0.4) is 0 Å². The first-order valence-corrected chi connectivity index (χ1v) is 8.74. The second kappa shape index (κ2) is 6.50. The van der Waals surface area contributed by atoms with Gasteiger partial charge in [0.25, 0.3) is 5.91 Å². The third-order valence-electron chi connectivity index (χ3n) is 4.98. The molecule has 0 N–H and O–H groups in total. The molecule has 3 heterocycles. The Bertz CT molecular complexity index is 1030. The maximum absolute atomic E-state index is 13.1. The summed E-state index contributed by atoms with van der Waals surface area (Å²) in [5.41, 5.74) is 2.68. The van der Waals surface area contributed by atoms with E-state index in [9.17, 15) is 14.0 Å². The molecule has 0 radical (unpaired) electrons. The van der Waals surface area contributed by atoms with Gasteiger partial charge in [-0.15, -0.1) is 0 Å². The van der Waals surface area contributed by atoms with Crippen molar-refractivity contribution in [1.29, 1.82) is 0 Å². The Labute approximate surface area is 155 Å². The predicted octanol–water partition coefficient (Wildman–Crippen LogP) is 2.44. The maximum atomic E-state index is 13.1. The van der Waals surface area contributed by atoms with Crippen LogP contribution in [0.1, 0.15) is 17.3 Å². The van der Waals surface area contributed by atoms with E-state index in [4.69, 9.17) is 0 Å². The number of likely N-dealkylation sites (N-methyl/N-ethyl adjacent to an activating group) is 1. The molecule has 1 saturated heterocycles. The van der Waals surface area contributed by atoms with Crippen molar-refractivity contribution in [3.63, 3.8) is 0 Å². The van der Waals surface area contributed by atoms with Crippen LogP contribution in [0.25, 0.3) is 16.9 Å². The van der Waals surface area contributed by atoms with Gasteiger partial charge in [0.05, 0.1) is 11.3 Å². The Balaban J connectivity index is 1.64. The summed E-state index contributed by atoms with van der Waals surface area (Å²) in [6.45, 7) is 2.78. The molecule has 0 aliphatic carbocycles. The number of amides is 2. The van der Waals surface area contributed by atoms with Crippen molar-refractivity contribution in [3.8, 4) is 11.3 Å². The molecule has 0 spiro atoms. The minimum atomic E-state index is -0.482. The molecular weight excluding hydrogens is 347 g/mol. The highest BCUT2D eigenvalue weighted by Gasteiger charge is 2.33. The first-order valence-electron chi connectivity index (χ1n) is 8.74. The number of benzene rings is 1. The number of fused-ring (bicyclic) bond motifs is 1. The van der Waals surface area contributed by atoms with E-state index >= 15 is 0 Å². The maximum Gasteiger partial charge on any atom is 0.256 e. The fraction of sp³-hybridized carbons (Fsp3) is 0.250. The van der Waals surface area contributed by atoms with Crippen molar-refractivity contribution in [2.24, 2.45) is 0 Å². The molecule has 138 valence electrons. The Hall–Kier alpha value is -3.22. The lowest BCUT2D eigenvalue weighted by molar-refractivity contribution is -0.137. The van der Waals surface area contributed by atoms with Crippen molar-refractivity contribution >= 4 is 17.5 Å². The van der Waals surface area contributed by atoms with Crippen LogP contribution in [0.2, 0.25) is 0 Å². The molecule has 2 amide bonds. The quantitative estimate of drug-likeness (QED) is 0.700. The van der Waals surface area contributed by atoms with Crippen molar-refractivity contribution < 1.29 is 14.0 Å². The Morgan fingerprint density at radius 1 is 1.11 bits per heavy atom. The van der Waals surface area contributed by atoms with Gasteiger partial charge < -0.3 is 14.2 Å². The number of aromatic nitrogens is 2. The molecule has 6 nitrogen and oxygen atoms in total. The summed E-state index contributed by atoms with van der Waals surface area (Å²) in [6.07, 6.45) is 3.52. The topological polar surface area (TPSA) is 57.9 Å². The highest BCUT2D eigenvalue weighted by molar-refractivity contribution is 5.98. The van der Waals surface area contributed by atoms with Crippen LogP contribution < -0.4 is 0 Å². The minimum absolute atomic E-state index is 0.0584. The molecule has 1 aliphatic rings. The number of imidazole rings is 1. The zero-order valence-electron chi connectivity index (χ0n) is 15.1. The van der Waals surface area contributed by atoms with Crippen molar-refractivity contribution in [3.05, 3.63) is 60.2 Å². The van der Waals surface area contributed by atoms with E-state index in [1.165, 1.54) is 12.1 Å². The number of rotatable bonds is 2. The number of hydrogen-bond acceptors (Lipinski definition) is 3. The van der Waals surface area contributed by atoms with Crippen molar-refractivity contribution in [2.45, 2.75) is 13.0 Å². The van der Waals surface area contributed by atoms with Gasteiger partial charge in [-0.3, -0.25) is 9.59 Å². The SMILES string of the molecule is CC1C(=O)N(C)CCN1C(=O)c1ccc2nc(-c3ccc(F)cc3)cn2c1. The van der Waals surface area contributed by atoms with Gasteiger partial charge in [-0.25, -0.2) is 9.37 Å². The summed E-state index contributed by atoms with van der Waals surface area (Å²) in [5, 5.41) is 0. The standard InChI is InChI=1S/C20H19FN4O2/c1-13-19(26)23(2)9-10-25(13)20(27)15-5-8-18-22-17(12-24(18)11-15)14-3-6-16(21)7-4-14/h3-8,11-13H,9-10H2,1-2H3. The molecule has 1 atom stereocenters. The summed E-state index contributed by atoms with van der Waals surface area (Å²) in [5.74, 6) is -0.536. The minimum Gasteiger partial charge on any atom is -0.342 e. The number of halogens is 1. The largest absolute Gasteiger partial charge is 0.342 e. The molecule has 7 heteroatoms. The summed E-state index contributed by atoms with van der Waals surface area (Å²) >= 11 is 0. The Kier molecular flexibility index (Phi) is 4.14. The normalized spacial score (nSPS) is 17.6. The van der Waals surface area contributed by atoms with Crippen LogP contribution in [-0.2, 0) is 4.79 Å². The van der Waals surface area contributed by atoms with Gasteiger partial charge in [0, 0.05) is 38.1 Å². The molecular formula is C20H19FN4O2. The van der Waals surface area contributed by atoms with E-state index in [0.29, 0.717) is 30.0 Å².